The van der Waals surface area contributed by atoms with E-state index in [9.17, 15) is 9.90 Å². The lowest BCUT2D eigenvalue weighted by atomic mass is 9.88. The summed E-state index contributed by atoms with van der Waals surface area (Å²) in [7, 11) is 2.17. The summed E-state index contributed by atoms with van der Waals surface area (Å²) >= 11 is 6.58. The Hall–Kier alpha value is -3.09. The van der Waals surface area contributed by atoms with Gasteiger partial charge in [-0.15, -0.1) is 0 Å². The van der Waals surface area contributed by atoms with Gasteiger partial charge in [0.25, 0.3) is 5.91 Å². The zero-order chi connectivity index (χ0) is 22.4. The van der Waals surface area contributed by atoms with E-state index in [2.05, 4.69) is 46.7 Å². The van der Waals surface area contributed by atoms with Gasteiger partial charge in [0.1, 0.15) is 0 Å². The molecule has 0 saturated carbocycles. The average molecular weight is 450 g/mol. The SMILES string of the molecule is Cc1cc(/C(O)=C2\C(=O)Nc3cc(Cl)c(-c4ccc(C5CCN(C)CC5)cc4)cc32)on1. The van der Waals surface area contributed by atoms with E-state index in [0.29, 0.717) is 27.9 Å². The number of aryl methyl sites for hydroxylation is 1. The van der Waals surface area contributed by atoms with Gasteiger partial charge in [0.2, 0.25) is 5.76 Å². The van der Waals surface area contributed by atoms with E-state index in [-0.39, 0.29) is 17.1 Å². The predicted octanol–water partition coefficient (Wildman–Crippen LogP) is 5.49. The topological polar surface area (TPSA) is 78.6 Å². The van der Waals surface area contributed by atoms with E-state index >= 15 is 0 Å². The number of nitrogens with one attached hydrogen (secondary N) is 1. The summed E-state index contributed by atoms with van der Waals surface area (Å²) in [4.78, 5) is 15.0. The Balaban J connectivity index is 1.51. The van der Waals surface area contributed by atoms with Crippen LogP contribution in [0, 0.1) is 6.92 Å². The standard InChI is InChI=1S/C25H24ClN3O3/c1-14-11-22(32-28-14)24(30)23-19-12-18(20(26)13-21(19)27-25(23)31)17-5-3-15(4-6-17)16-7-9-29(2)10-8-16/h3-6,11-13,16,30H,7-10H2,1-2H3,(H,27,31)/b24-23+. The zero-order valence-corrected chi connectivity index (χ0v) is 18.7. The minimum absolute atomic E-state index is 0.150. The van der Waals surface area contributed by atoms with Crippen LogP contribution in [0.3, 0.4) is 0 Å². The molecule has 5 rings (SSSR count). The number of anilines is 1. The van der Waals surface area contributed by atoms with Gasteiger partial charge in [-0.1, -0.05) is 41.0 Å². The minimum Gasteiger partial charge on any atom is -0.504 e. The normalized spacial score (nSPS) is 18.5. The number of piperidine rings is 1. The largest absolute Gasteiger partial charge is 0.504 e. The van der Waals surface area contributed by atoms with Crippen molar-refractivity contribution in [1.82, 2.24) is 10.1 Å². The number of aliphatic hydroxyl groups is 1. The quantitative estimate of drug-likeness (QED) is 0.408. The third kappa shape index (κ3) is 3.70. The number of amides is 1. The smallest absolute Gasteiger partial charge is 0.260 e. The van der Waals surface area contributed by atoms with Crippen molar-refractivity contribution < 1.29 is 14.4 Å². The molecule has 0 atom stereocenters. The first-order valence-electron chi connectivity index (χ1n) is 10.7. The van der Waals surface area contributed by atoms with Crippen LogP contribution >= 0.6 is 11.6 Å². The number of likely N-dealkylation sites (tertiary alicyclic amines) is 1. The van der Waals surface area contributed by atoms with E-state index in [1.807, 2.05) is 6.07 Å². The van der Waals surface area contributed by atoms with Crippen molar-refractivity contribution in [2.45, 2.75) is 25.7 Å². The summed E-state index contributed by atoms with van der Waals surface area (Å²) in [5.41, 5.74) is 5.02. The van der Waals surface area contributed by atoms with Crippen molar-refractivity contribution in [3.05, 3.63) is 70.1 Å². The van der Waals surface area contributed by atoms with Crippen LogP contribution in [0.4, 0.5) is 5.69 Å². The fraction of sp³-hybridized carbons (Fsp3) is 0.280. The second kappa shape index (κ2) is 8.11. The second-order valence-electron chi connectivity index (χ2n) is 8.59. The first kappa shape index (κ1) is 20.8. The number of aromatic nitrogens is 1. The van der Waals surface area contributed by atoms with Crippen LogP contribution in [-0.2, 0) is 4.79 Å². The van der Waals surface area contributed by atoms with Gasteiger partial charge in [0.15, 0.2) is 5.76 Å². The van der Waals surface area contributed by atoms with E-state index in [1.54, 1.807) is 19.1 Å². The monoisotopic (exact) mass is 449 g/mol. The maximum absolute atomic E-state index is 12.6. The number of fused-ring (bicyclic) bond motifs is 1. The number of rotatable bonds is 3. The molecule has 1 amide bonds. The Bertz CT molecular complexity index is 1220. The van der Waals surface area contributed by atoms with Gasteiger partial charge in [-0.2, -0.15) is 0 Å². The van der Waals surface area contributed by atoms with E-state index in [1.165, 1.54) is 5.56 Å². The molecule has 3 aromatic rings. The number of nitrogens with zero attached hydrogens (tertiary/aromatic N) is 2. The van der Waals surface area contributed by atoms with Crippen LogP contribution in [0.5, 0.6) is 0 Å². The molecule has 32 heavy (non-hydrogen) atoms. The van der Waals surface area contributed by atoms with Gasteiger partial charge in [-0.25, -0.2) is 0 Å². The molecule has 0 radical (unpaired) electrons. The summed E-state index contributed by atoms with van der Waals surface area (Å²) in [5.74, 6) is 0.0824. The van der Waals surface area contributed by atoms with Gasteiger partial charge >= 0.3 is 0 Å². The van der Waals surface area contributed by atoms with E-state index < -0.39 is 5.91 Å². The highest BCUT2D eigenvalue weighted by atomic mass is 35.5. The Morgan fingerprint density at radius 1 is 1.16 bits per heavy atom. The summed E-state index contributed by atoms with van der Waals surface area (Å²) in [6.45, 7) is 3.99. The van der Waals surface area contributed by atoms with E-state index in [4.69, 9.17) is 16.1 Å². The number of aliphatic hydroxyl groups excluding tert-OH is 1. The highest BCUT2D eigenvalue weighted by Gasteiger charge is 2.31. The van der Waals surface area contributed by atoms with Crippen LogP contribution in [0.2, 0.25) is 5.02 Å². The summed E-state index contributed by atoms with van der Waals surface area (Å²) in [6.07, 6.45) is 2.33. The van der Waals surface area contributed by atoms with Crippen molar-refractivity contribution in [3.8, 4) is 11.1 Å². The lowest BCUT2D eigenvalue weighted by Crippen LogP contribution is -2.29. The first-order chi connectivity index (χ1) is 15.4. The molecule has 3 heterocycles. The van der Waals surface area contributed by atoms with Gasteiger partial charge < -0.3 is 19.8 Å². The molecule has 1 saturated heterocycles. The molecular formula is C25H24ClN3O3. The molecule has 6 nitrogen and oxygen atoms in total. The second-order valence-corrected chi connectivity index (χ2v) is 8.99. The van der Waals surface area contributed by atoms with Gasteiger partial charge in [0, 0.05) is 17.2 Å². The van der Waals surface area contributed by atoms with Crippen molar-refractivity contribution >= 4 is 34.5 Å². The number of hydrogen-bond donors (Lipinski definition) is 2. The lowest BCUT2D eigenvalue weighted by Gasteiger charge is -2.29. The lowest BCUT2D eigenvalue weighted by molar-refractivity contribution is -0.110. The van der Waals surface area contributed by atoms with Crippen molar-refractivity contribution in [2.75, 3.05) is 25.5 Å². The van der Waals surface area contributed by atoms with Gasteiger partial charge in [0.05, 0.1) is 22.0 Å². The Morgan fingerprint density at radius 3 is 2.53 bits per heavy atom. The molecule has 0 bridgehead atoms. The van der Waals surface area contributed by atoms with Gasteiger partial charge in [-0.3, -0.25) is 4.79 Å². The number of carbonyl (C=O) groups is 1. The van der Waals surface area contributed by atoms with Crippen molar-refractivity contribution in [2.24, 2.45) is 0 Å². The minimum atomic E-state index is -0.405. The number of halogens is 1. The Morgan fingerprint density at radius 2 is 1.88 bits per heavy atom. The fourth-order valence-electron chi connectivity index (χ4n) is 4.52. The Kier molecular flexibility index (Phi) is 5.27. The molecule has 1 aromatic heterocycles. The van der Waals surface area contributed by atoms with Crippen LogP contribution < -0.4 is 5.32 Å². The maximum Gasteiger partial charge on any atom is 0.260 e. The number of benzene rings is 2. The maximum atomic E-state index is 12.6. The summed E-state index contributed by atoms with van der Waals surface area (Å²) < 4.78 is 5.15. The van der Waals surface area contributed by atoms with Crippen molar-refractivity contribution in [1.29, 1.82) is 0 Å². The molecule has 0 spiro atoms. The number of hydrogen-bond acceptors (Lipinski definition) is 5. The van der Waals surface area contributed by atoms with Gasteiger partial charge in [-0.05, 0) is 69.1 Å². The van der Waals surface area contributed by atoms with Crippen LogP contribution in [-0.4, -0.2) is 41.2 Å². The van der Waals surface area contributed by atoms with Crippen LogP contribution in [0.25, 0.3) is 22.5 Å². The fourth-order valence-corrected chi connectivity index (χ4v) is 4.79. The molecule has 2 aliphatic rings. The molecule has 0 aliphatic carbocycles. The molecule has 7 heteroatoms. The highest BCUT2D eigenvalue weighted by molar-refractivity contribution is 6.38. The molecular weight excluding hydrogens is 426 g/mol. The number of carbonyl (C=O) groups excluding carboxylic acids is 1. The Labute approximate surface area is 191 Å². The molecule has 0 unspecified atom stereocenters. The predicted molar refractivity (Wildman–Crippen MR) is 126 cm³/mol. The van der Waals surface area contributed by atoms with Crippen LogP contribution in [0.15, 0.2) is 47.0 Å². The van der Waals surface area contributed by atoms with E-state index in [0.717, 1.165) is 37.1 Å². The third-order valence-electron chi connectivity index (χ3n) is 6.36. The average Bonchev–Trinajstić information content (AvgIpc) is 3.35. The molecule has 1 fully saturated rings. The zero-order valence-electron chi connectivity index (χ0n) is 18.0. The molecule has 2 aromatic carbocycles. The summed E-state index contributed by atoms with van der Waals surface area (Å²) in [5, 5.41) is 17.8. The summed E-state index contributed by atoms with van der Waals surface area (Å²) in [6, 6.07) is 13.7. The molecule has 2 N–H and O–H groups in total. The van der Waals surface area contributed by atoms with Crippen LogP contribution in [0.1, 0.15) is 41.3 Å². The van der Waals surface area contributed by atoms with Crippen molar-refractivity contribution in [3.63, 3.8) is 0 Å². The third-order valence-corrected chi connectivity index (χ3v) is 6.67. The first-order valence-corrected chi connectivity index (χ1v) is 11.1. The molecule has 2 aliphatic heterocycles. The molecule has 164 valence electrons. The highest BCUT2D eigenvalue weighted by Crippen LogP contribution is 2.42.